The minimum atomic E-state index is -3.81. The van der Waals surface area contributed by atoms with E-state index in [2.05, 4.69) is 4.72 Å². The molecule has 0 aliphatic heterocycles. The third-order valence-corrected chi connectivity index (χ3v) is 4.45. The standard InChI is InChI=1S/C12H15N3O4S/c1-9-7-11(15(16)17)8-12(10(9)2)20(18,19)14-6-4-3-5-13/h7-8,14H,3-4,6H2,1-2H3. The van der Waals surface area contributed by atoms with Gasteiger partial charge in [0.15, 0.2) is 0 Å². The van der Waals surface area contributed by atoms with Gasteiger partial charge in [-0.15, -0.1) is 0 Å². The summed E-state index contributed by atoms with van der Waals surface area (Å²) in [5, 5.41) is 19.2. The topological polar surface area (TPSA) is 113 Å². The molecule has 0 heterocycles. The summed E-state index contributed by atoms with van der Waals surface area (Å²) in [6.07, 6.45) is 0.637. The highest BCUT2D eigenvalue weighted by Gasteiger charge is 2.21. The summed E-state index contributed by atoms with van der Waals surface area (Å²) in [7, 11) is -3.81. The van der Waals surface area contributed by atoms with E-state index in [-0.39, 0.29) is 23.5 Å². The average Bonchev–Trinajstić information content (AvgIpc) is 2.37. The number of nitro groups is 1. The molecule has 1 N–H and O–H groups in total. The van der Waals surface area contributed by atoms with Crippen LogP contribution < -0.4 is 4.72 Å². The van der Waals surface area contributed by atoms with Gasteiger partial charge in [0.25, 0.3) is 5.69 Å². The number of nitrogens with zero attached hydrogens (tertiary/aromatic N) is 2. The van der Waals surface area contributed by atoms with Crippen molar-refractivity contribution >= 4 is 15.7 Å². The van der Waals surface area contributed by atoms with E-state index in [0.29, 0.717) is 17.5 Å². The van der Waals surface area contributed by atoms with E-state index < -0.39 is 14.9 Å². The Morgan fingerprint density at radius 2 is 2.05 bits per heavy atom. The molecule has 0 saturated heterocycles. The van der Waals surface area contributed by atoms with Crippen LogP contribution in [-0.2, 0) is 10.0 Å². The Bertz CT molecular complexity index is 662. The third-order valence-electron chi connectivity index (χ3n) is 2.86. The van der Waals surface area contributed by atoms with Gasteiger partial charge >= 0.3 is 0 Å². The summed E-state index contributed by atoms with van der Waals surface area (Å²) in [6.45, 7) is 3.34. The zero-order valence-electron chi connectivity index (χ0n) is 11.2. The molecule has 108 valence electrons. The lowest BCUT2D eigenvalue weighted by Gasteiger charge is -2.10. The first kappa shape index (κ1) is 16.1. The molecule has 0 unspecified atom stereocenters. The van der Waals surface area contributed by atoms with Crippen molar-refractivity contribution in [2.75, 3.05) is 6.54 Å². The second-order valence-corrected chi connectivity index (χ2v) is 6.04. The van der Waals surface area contributed by atoms with Crippen LogP contribution in [0.5, 0.6) is 0 Å². The van der Waals surface area contributed by atoms with Gasteiger partial charge in [0.05, 0.1) is 15.9 Å². The summed E-state index contributed by atoms with van der Waals surface area (Å²) < 4.78 is 26.6. The lowest BCUT2D eigenvalue weighted by molar-refractivity contribution is -0.385. The Hall–Kier alpha value is -1.98. The number of rotatable bonds is 6. The van der Waals surface area contributed by atoms with Gasteiger partial charge in [0.2, 0.25) is 10.0 Å². The number of aryl methyl sites for hydroxylation is 1. The summed E-state index contributed by atoms with van der Waals surface area (Å²) in [4.78, 5) is 10.1. The normalized spacial score (nSPS) is 11.1. The monoisotopic (exact) mass is 297 g/mol. The fourth-order valence-corrected chi connectivity index (χ4v) is 3.05. The molecule has 1 aromatic carbocycles. The maximum atomic E-state index is 12.1. The number of unbranched alkanes of at least 4 members (excludes halogenated alkanes) is 1. The van der Waals surface area contributed by atoms with E-state index in [1.807, 2.05) is 6.07 Å². The smallest absolute Gasteiger partial charge is 0.258 e. The molecule has 0 saturated carbocycles. The first-order valence-electron chi connectivity index (χ1n) is 5.92. The van der Waals surface area contributed by atoms with Gasteiger partial charge in [-0.05, 0) is 31.4 Å². The molecular weight excluding hydrogens is 282 g/mol. The minimum absolute atomic E-state index is 0.0962. The van der Waals surface area contributed by atoms with Crippen LogP contribution in [0, 0.1) is 35.3 Å². The van der Waals surface area contributed by atoms with Crippen molar-refractivity contribution in [3.05, 3.63) is 33.4 Å². The van der Waals surface area contributed by atoms with Crippen LogP contribution in [0.4, 0.5) is 5.69 Å². The van der Waals surface area contributed by atoms with Crippen LogP contribution in [0.1, 0.15) is 24.0 Å². The molecule has 0 aliphatic rings. The Labute approximate surface area is 117 Å². The molecule has 8 heteroatoms. The van der Waals surface area contributed by atoms with Gasteiger partial charge < -0.3 is 0 Å². The zero-order chi connectivity index (χ0) is 15.3. The second kappa shape index (κ2) is 6.45. The third kappa shape index (κ3) is 3.76. The van der Waals surface area contributed by atoms with Crippen molar-refractivity contribution in [1.29, 1.82) is 5.26 Å². The Morgan fingerprint density at radius 3 is 2.60 bits per heavy atom. The number of hydrogen-bond acceptors (Lipinski definition) is 5. The van der Waals surface area contributed by atoms with E-state index >= 15 is 0 Å². The van der Waals surface area contributed by atoms with Gasteiger partial charge in [-0.25, -0.2) is 13.1 Å². The molecule has 0 atom stereocenters. The maximum Gasteiger partial charge on any atom is 0.271 e. The summed E-state index contributed by atoms with van der Waals surface area (Å²) in [6, 6.07) is 4.30. The van der Waals surface area contributed by atoms with Crippen LogP contribution in [0.25, 0.3) is 0 Å². The summed E-state index contributed by atoms with van der Waals surface area (Å²) in [5.41, 5.74) is 0.755. The Morgan fingerprint density at radius 1 is 1.40 bits per heavy atom. The van der Waals surface area contributed by atoms with Crippen molar-refractivity contribution in [2.45, 2.75) is 31.6 Å². The molecule has 1 aromatic rings. The van der Waals surface area contributed by atoms with Crippen molar-refractivity contribution in [1.82, 2.24) is 4.72 Å². The number of nitriles is 1. The summed E-state index contributed by atoms with van der Waals surface area (Å²) in [5.74, 6) is 0. The van der Waals surface area contributed by atoms with Crippen molar-refractivity contribution in [3.63, 3.8) is 0 Å². The number of hydrogen-bond donors (Lipinski definition) is 1. The fraction of sp³-hybridized carbons (Fsp3) is 0.417. The lowest BCUT2D eigenvalue weighted by Crippen LogP contribution is -2.25. The van der Waals surface area contributed by atoms with Crippen LogP contribution in [-0.4, -0.2) is 19.9 Å². The maximum absolute atomic E-state index is 12.1. The predicted molar refractivity (Wildman–Crippen MR) is 72.6 cm³/mol. The van der Waals surface area contributed by atoms with Crippen LogP contribution in [0.15, 0.2) is 17.0 Å². The van der Waals surface area contributed by atoms with E-state index in [1.165, 1.54) is 6.07 Å². The van der Waals surface area contributed by atoms with Gasteiger partial charge in [-0.1, -0.05) is 0 Å². The molecule has 0 spiro atoms. The number of nitro benzene ring substituents is 1. The lowest BCUT2D eigenvalue weighted by atomic mass is 10.1. The van der Waals surface area contributed by atoms with E-state index in [1.54, 1.807) is 13.8 Å². The summed E-state index contributed by atoms with van der Waals surface area (Å²) >= 11 is 0. The average molecular weight is 297 g/mol. The number of non-ortho nitro benzene ring substituents is 1. The zero-order valence-corrected chi connectivity index (χ0v) is 12.0. The van der Waals surface area contributed by atoms with Gasteiger partial charge in [0, 0.05) is 25.1 Å². The largest absolute Gasteiger partial charge is 0.271 e. The molecule has 7 nitrogen and oxygen atoms in total. The van der Waals surface area contributed by atoms with Crippen molar-refractivity contribution in [3.8, 4) is 6.07 Å². The number of nitrogens with one attached hydrogen (secondary N) is 1. The number of sulfonamides is 1. The van der Waals surface area contributed by atoms with Gasteiger partial charge in [-0.3, -0.25) is 10.1 Å². The quantitative estimate of drug-likeness (QED) is 0.488. The molecule has 0 aromatic heterocycles. The first-order chi connectivity index (χ1) is 9.29. The molecule has 0 radical (unpaired) electrons. The molecule has 0 amide bonds. The Kier molecular flexibility index (Phi) is 5.19. The van der Waals surface area contributed by atoms with E-state index in [9.17, 15) is 18.5 Å². The minimum Gasteiger partial charge on any atom is -0.258 e. The molecule has 0 bridgehead atoms. The molecule has 1 rings (SSSR count). The van der Waals surface area contributed by atoms with Gasteiger partial charge in [-0.2, -0.15) is 5.26 Å². The van der Waals surface area contributed by atoms with Crippen LogP contribution in [0.3, 0.4) is 0 Å². The van der Waals surface area contributed by atoms with Crippen molar-refractivity contribution in [2.24, 2.45) is 0 Å². The molecular formula is C12H15N3O4S. The SMILES string of the molecule is Cc1cc([N+](=O)[O-])cc(S(=O)(=O)NCCCC#N)c1C. The highest BCUT2D eigenvalue weighted by molar-refractivity contribution is 7.89. The fourth-order valence-electron chi connectivity index (χ4n) is 1.64. The van der Waals surface area contributed by atoms with Crippen LogP contribution >= 0.6 is 0 Å². The molecule has 0 aliphatic carbocycles. The van der Waals surface area contributed by atoms with E-state index in [0.717, 1.165) is 6.07 Å². The highest BCUT2D eigenvalue weighted by atomic mass is 32.2. The van der Waals surface area contributed by atoms with Crippen LogP contribution in [0.2, 0.25) is 0 Å². The highest BCUT2D eigenvalue weighted by Crippen LogP contribution is 2.25. The Balaban J connectivity index is 3.11. The second-order valence-electron chi connectivity index (χ2n) is 4.30. The van der Waals surface area contributed by atoms with Crippen molar-refractivity contribution < 1.29 is 13.3 Å². The molecule has 0 fully saturated rings. The van der Waals surface area contributed by atoms with Gasteiger partial charge in [0.1, 0.15) is 0 Å². The van der Waals surface area contributed by atoms with E-state index in [4.69, 9.17) is 5.26 Å². The number of benzene rings is 1. The first-order valence-corrected chi connectivity index (χ1v) is 7.40. The molecule has 20 heavy (non-hydrogen) atoms. The predicted octanol–water partition coefficient (Wildman–Crippen LogP) is 1.79.